The van der Waals surface area contributed by atoms with E-state index in [4.69, 9.17) is 5.73 Å². The van der Waals surface area contributed by atoms with E-state index in [-0.39, 0.29) is 33.9 Å². The van der Waals surface area contributed by atoms with Crippen LogP contribution in [0.15, 0.2) is 35.4 Å². The van der Waals surface area contributed by atoms with Crippen LogP contribution in [0.25, 0.3) is 10.9 Å². The molecule has 1 atom stereocenters. The van der Waals surface area contributed by atoms with E-state index in [0.29, 0.717) is 6.42 Å². The molecule has 3 N–H and O–H groups in total. The van der Waals surface area contributed by atoms with Crippen molar-refractivity contribution in [1.29, 1.82) is 0 Å². The molecule has 1 aromatic heterocycles. The zero-order chi connectivity index (χ0) is 17.9. The zero-order valence-electron chi connectivity index (χ0n) is 13.5. The molecule has 0 saturated carbocycles. The lowest BCUT2D eigenvalue weighted by molar-refractivity contribution is -0.383. The van der Waals surface area contributed by atoms with Gasteiger partial charge in [-0.15, -0.1) is 0 Å². The van der Waals surface area contributed by atoms with Crippen molar-refractivity contribution >= 4 is 26.6 Å². The van der Waals surface area contributed by atoms with Crippen LogP contribution >= 0.6 is 0 Å². The molecular weight excluding hydrogens is 332 g/mol. The summed E-state index contributed by atoms with van der Waals surface area (Å²) in [6.45, 7) is 4.11. The first-order valence-corrected chi connectivity index (χ1v) is 8.99. The minimum Gasteiger partial charge on any atom is -0.329 e. The molecule has 0 saturated heterocycles. The van der Waals surface area contributed by atoms with E-state index in [2.05, 4.69) is 9.71 Å². The van der Waals surface area contributed by atoms with Crippen LogP contribution in [0.2, 0.25) is 0 Å². The molecule has 0 radical (unpaired) electrons. The summed E-state index contributed by atoms with van der Waals surface area (Å²) in [5.41, 5.74) is 5.53. The average Bonchev–Trinajstić information content (AvgIpc) is 2.52. The SMILES string of the molecule is CC(C)CC(CN)NS(=O)(=O)c1ccc([N+](=O)[O-])c2cccnc12. The molecule has 0 aliphatic carbocycles. The molecule has 0 bridgehead atoms. The fraction of sp³-hybridized carbons (Fsp3) is 0.400. The maximum absolute atomic E-state index is 12.7. The molecular formula is C15H20N4O4S. The highest BCUT2D eigenvalue weighted by atomic mass is 32.2. The minimum atomic E-state index is -3.90. The molecule has 8 nitrogen and oxygen atoms in total. The third kappa shape index (κ3) is 3.86. The van der Waals surface area contributed by atoms with Crippen LogP contribution in [0.4, 0.5) is 5.69 Å². The van der Waals surface area contributed by atoms with Gasteiger partial charge in [0, 0.05) is 24.8 Å². The van der Waals surface area contributed by atoms with Gasteiger partial charge in [0.25, 0.3) is 5.69 Å². The largest absolute Gasteiger partial charge is 0.329 e. The molecule has 2 rings (SSSR count). The van der Waals surface area contributed by atoms with Gasteiger partial charge in [0.2, 0.25) is 10.0 Å². The maximum atomic E-state index is 12.7. The first kappa shape index (κ1) is 18.2. The van der Waals surface area contributed by atoms with Crippen molar-refractivity contribution in [3.8, 4) is 0 Å². The summed E-state index contributed by atoms with van der Waals surface area (Å²) in [7, 11) is -3.90. The Hall–Kier alpha value is -2.10. The van der Waals surface area contributed by atoms with Gasteiger partial charge in [0.1, 0.15) is 4.90 Å². The van der Waals surface area contributed by atoms with E-state index in [0.717, 1.165) is 0 Å². The molecule has 0 aliphatic heterocycles. The third-order valence-electron chi connectivity index (χ3n) is 3.56. The Bertz CT molecular complexity index is 852. The Balaban J connectivity index is 2.51. The lowest BCUT2D eigenvalue weighted by Gasteiger charge is -2.19. The van der Waals surface area contributed by atoms with Crippen molar-refractivity contribution < 1.29 is 13.3 Å². The number of nitrogens with zero attached hydrogens (tertiary/aromatic N) is 2. The van der Waals surface area contributed by atoms with Gasteiger partial charge in [-0.05, 0) is 30.5 Å². The molecule has 130 valence electrons. The van der Waals surface area contributed by atoms with Crippen molar-refractivity contribution in [2.24, 2.45) is 11.7 Å². The Kier molecular flexibility index (Phi) is 5.47. The molecule has 0 aliphatic rings. The monoisotopic (exact) mass is 352 g/mol. The predicted molar refractivity (Wildman–Crippen MR) is 91.0 cm³/mol. The smallest absolute Gasteiger partial charge is 0.278 e. The highest BCUT2D eigenvalue weighted by Crippen LogP contribution is 2.29. The van der Waals surface area contributed by atoms with E-state index in [1.54, 1.807) is 0 Å². The summed E-state index contributed by atoms with van der Waals surface area (Å²) in [4.78, 5) is 14.5. The van der Waals surface area contributed by atoms with Gasteiger partial charge in [-0.1, -0.05) is 13.8 Å². The number of rotatable bonds is 7. The van der Waals surface area contributed by atoms with Crippen molar-refractivity contribution in [1.82, 2.24) is 9.71 Å². The van der Waals surface area contributed by atoms with Crippen LogP contribution in [-0.2, 0) is 10.0 Å². The van der Waals surface area contributed by atoms with Gasteiger partial charge in [0.15, 0.2) is 0 Å². The van der Waals surface area contributed by atoms with Gasteiger partial charge in [-0.25, -0.2) is 13.1 Å². The highest BCUT2D eigenvalue weighted by molar-refractivity contribution is 7.89. The minimum absolute atomic E-state index is 0.0690. The van der Waals surface area contributed by atoms with E-state index in [9.17, 15) is 18.5 Å². The number of fused-ring (bicyclic) bond motifs is 1. The number of hydrogen-bond donors (Lipinski definition) is 2. The highest BCUT2D eigenvalue weighted by Gasteiger charge is 2.25. The Labute approximate surface area is 140 Å². The molecule has 1 heterocycles. The molecule has 1 aromatic carbocycles. The second kappa shape index (κ2) is 7.20. The lowest BCUT2D eigenvalue weighted by atomic mass is 10.1. The van der Waals surface area contributed by atoms with Crippen LogP contribution < -0.4 is 10.5 Å². The van der Waals surface area contributed by atoms with Crippen molar-refractivity contribution in [2.75, 3.05) is 6.54 Å². The normalized spacial score (nSPS) is 13.3. The van der Waals surface area contributed by atoms with E-state index >= 15 is 0 Å². The van der Waals surface area contributed by atoms with Gasteiger partial charge in [0.05, 0.1) is 15.8 Å². The molecule has 0 amide bonds. The van der Waals surface area contributed by atoms with Crippen LogP contribution in [-0.4, -0.2) is 30.9 Å². The molecule has 1 unspecified atom stereocenters. The van der Waals surface area contributed by atoms with Gasteiger partial charge in [-0.3, -0.25) is 15.1 Å². The summed E-state index contributed by atoms with van der Waals surface area (Å²) in [5.74, 6) is 0.271. The maximum Gasteiger partial charge on any atom is 0.278 e. The van der Waals surface area contributed by atoms with Crippen molar-refractivity contribution in [2.45, 2.75) is 31.2 Å². The van der Waals surface area contributed by atoms with Gasteiger partial charge < -0.3 is 5.73 Å². The quantitative estimate of drug-likeness (QED) is 0.577. The van der Waals surface area contributed by atoms with Crippen molar-refractivity contribution in [3.63, 3.8) is 0 Å². The standard InChI is InChI=1S/C15H20N4O4S/c1-10(2)8-11(9-16)18-24(22,23)14-6-5-13(19(20)21)12-4-3-7-17-15(12)14/h3-7,10-11,18H,8-9,16H2,1-2H3. The Morgan fingerprint density at radius 2 is 2.04 bits per heavy atom. The van der Waals surface area contributed by atoms with E-state index in [1.165, 1.54) is 30.5 Å². The second-order valence-corrected chi connectivity index (χ2v) is 7.61. The number of hydrogen-bond acceptors (Lipinski definition) is 6. The topological polar surface area (TPSA) is 128 Å². The summed E-state index contributed by atoms with van der Waals surface area (Å²) < 4.78 is 28.0. The van der Waals surface area contributed by atoms with Crippen LogP contribution in [0.1, 0.15) is 20.3 Å². The van der Waals surface area contributed by atoms with Crippen molar-refractivity contribution in [3.05, 3.63) is 40.6 Å². The van der Waals surface area contributed by atoms with Crippen LogP contribution in [0, 0.1) is 16.0 Å². The van der Waals surface area contributed by atoms with E-state index < -0.39 is 21.0 Å². The first-order chi connectivity index (χ1) is 11.3. The molecule has 24 heavy (non-hydrogen) atoms. The van der Waals surface area contributed by atoms with Gasteiger partial charge >= 0.3 is 0 Å². The summed E-state index contributed by atoms with van der Waals surface area (Å²) in [6, 6.07) is 4.98. The number of nitro groups is 1. The van der Waals surface area contributed by atoms with E-state index in [1.807, 2.05) is 13.8 Å². The Morgan fingerprint density at radius 3 is 2.62 bits per heavy atom. The lowest BCUT2D eigenvalue weighted by Crippen LogP contribution is -2.41. The third-order valence-corrected chi connectivity index (χ3v) is 5.11. The number of pyridine rings is 1. The number of non-ortho nitro benzene ring substituents is 1. The molecule has 9 heteroatoms. The fourth-order valence-corrected chi connectivity index (χ4v) is 3.97. The number of sulfonamides is 1. The molecule has 0 fully saturated rings. The number of benzene rings is 1. The zero-order valence-corrected chi connectivity index (χ0v) is 14.3. The second-order valence-electron chi connectivity index (χ2n) is 5.92. The number of nitrogens with one attached hydrogen (secondary N) is 1. The first-order valence-electron chi connectivity index (χ1n) is 7.50. The fourth-order valence-electron chi connectivity index (χ4n) is 2.55. The molecule has 0 spiro atoms. The predicted octanol–water partition coefficient (Wildman–Crippen LogP) is 1.79. The number of aromatic nitrogens is 1. The van der Waals surface area contributed by atoms with Gasteiger partial charge in [-0.2, -0.15) is 0 Å². The summed E-state index contributed by atoms with van der Waals surface area (Å²) in [5, 5.41) is 11.3. The molecule has 2 aromatic rings. The summed E-state index contributed by atoms with van der Waals surface area (Å²) in [6.07, 6.45) is 1.99. The van der Waals surface area contributed by atoms with Crippen LogP contribution in [0.5, 0.6) is 0 Å². The Morgan fingerprint density at radius 1 is 1.33 bits per heavy atom. The number of nitrogens with two attached hydrogens (primary N) is 1. The average molecular weight is 352 g/mol. The summed E-state index contributed by atoms with van der Waals surface area (Å²) >= 11 is 0. The number of nitro benzene ring substituents is 1. The van der Waals surface area contributed by atoms with Crippen LogP contribution in [0.3, 0.4) is 0 Å².